The molecule has 0 unspecified atom stereocenters. The fourth-order valence-electron chi connectivity index (χ4n) is 1.96. The van der Waals surface area contributed by atoms with Gasteiger partial charge in [0.25, 0.3) is 0 Å². The number of anilines is 1. The predicted octanol–water partition coefficient (Wildman–Crippen LogP) is 2.66. The van der Waals surface area contributed by atoms with Crippen LogP contribution in [-0.2, 0) is 11.2 Å². The zero-order valence-electron chi connectivity index (χ0n) is 11.2. The van der Waals surface area contributed by atoms with Gasteiger partial charge in [-0.05, 0) is 18.1 Å². The molecular weight excluding hydrogens is 238 g/mol. The molecule has 100 valence electrons. The lowest BCUT2D eigenvalue weighted by atomic mass is 10.1. The Kier molecular flexibility index (Phi) is 4.75. The number of rotatable bonds is 7. The minimum Gasteiger partial charge on any atom is -0.384 e. The lowest BCUT2D eigenvalue weighted by Gasteiger charge is -2.13. The first-order valence-corrected chi connectivity index (χ1v) is 6.32. The van der Waals surface area contributed by atoms with Crippen molar-refractivity contribution in [1.82, 2.24) is 9.55 Å². The third kappa shape index (κ3) is 3.23. The second-order valence-electron chi connectivity index (χ2n) is 4.16. The summed E-state index contributed by atoms with van der Waals surface area (Å²) < 4.78 is 7.21. The number of benzene rings is 1. The molecule has 1 N–H and O–H groups in total. The Hall–Kier alpha value is -2.07. The molecule has 0 spiro atoms. The molecule has 1 heterocycles. The van der Waals surface area contributed by atoms with E-state index in [1.165, 1.54) is 5.56 Å². The number of methoxy groups -OCH3 is 1. The van der Waals surface area contributed by atoms with Gasteiger partial charge in [0.1, 0.15) is 0 Å². The Labute approximate surface area is 113 Å². The van der Waals surface area contributed by atoms with Gasteiger partial charge in [-0.25, -0.2) is 4.98 Å². The van der Waals surface area contributed by atoms with Crippen molar-refractivity contribution in [3.63, 3.8) is 0 Å². The van der Waals surface area contributed by atoms with Crippen molar-refractivity contribution in [2.24, 2.45) is 0 Å². The quantitative estimate of drug-likeness (QED) is 0.775. The van der Waals surface area contributed by atoms with Gasteiger partial charge in [0.15, 0.2) is 0 Å². The predicted molar refractivity (Wildman–Crippen MR) is 77.8 cm³/mol. The largest absolute Gasteiger partial charge is 0.384 e. The molecule has 0 amide bonds. The average molecular weight is 257 g/mol. The summed E-state index contributed by atoms with van der Waals surface area (Å²) in [5.41, 5.74) is 2.37. The SMILES string of the molecule is C=CCNc1nccn1-c1ccccc1CCOC. The van der Waals surface area contributed by atoms with E-state index in [4.69, 9.17) is 4.74 Å². The summed E-state index contributed by atoms with van der Waals surface area (Å²) in [5.74, 6) is 0.824. The molecule has 0 fully saturated rings. The first kappa shape index (κ1) is 13.4. The summed E-state index contributed by atoms with van der Waals surface area (Å²) >= 11 is 0. The molecule has 2 aromatic rings. The van der Waals surface area contributed by atoms with Gasteiger partial charge in [-0.15, -0.1) is 6.58 Å². The van der Waals surface area contributed by atoms with Crippen molar-refractivity contribution >= 4 is 5.95 Å². The summed E-state index contributed by atoms with van der Waals surface area (Å²) in [6.07, 6.45) is 6.44. The Morgan fingerprint density at radius 3 is 3.05 bits per heavy atom. The van der Waals surface area contributed by atoms with Crippen molar-refractivity contribution in [2.75, 3.05) is 25.6 Å². The van der Waals surface area contributed by atoms with Crippen LogP contribution < -0.4 is 5.32 Å². The summed E-state index contributed by atoms with van der Waals surface area (Å²) in [6, 6.07) is 8.28. The zero-order chi connectivity index (χ0) is 13.5. The number of para-hydroxylation sites is 1. The normalized spacial score (nSPS) is 10.4. The number of nitrogens with zero attached hydrogens (tertiary/aromatic N) is 2. The molecule has 19 heavy (non-hydrogen) atoms. The first-order valence-electron chi connectivity index (χ1n) is 6.32. The molecule has 0 aliphatic carbocycles. The maximum Gasteiger partial charge on any atom is 0.207 e. The summed E-state index contributed by atoms with van der Waals surface area (Å²) in [7, 11) is 1.72. The van der Waals surface area contributed by atoms with E-state index in [0.29, 0.717) is 13.2 Å². The molecule has 2 rings (SSSR count). The lowest BCUT2D eigenvalue weighted by Crippen LogP contribution is -2.08. The first-order chi connectivity index (χ1) is 9.36. The average Bonchev–Trinajstić information content (AvgIpc) is 2.91. The van der Waals surface area contributed by atoms with E-state index >= 15 is 0 Å². The van der Waals surface area contributed by atoms with Crippen molar-refractivity contribution in [2.45, 2.75) is 6.42 Å². The lowest BCUT2D eigenvalue weighted by molar-refractivity contribution is 0.202. The second-order valence-corrected chi connectivity index (χ2v) is 4.16. The Bertz CT molecular complexity index is 534. The molecule has 0 saturated heterocycles. The third-order valence-corrected chi connectivity index (χ3v) is 2.87. The summed E-state index contributed by atoms with van der Waals surface area (Å²) in [6.45, 7) is 5.11. The highest BCUT2D eigenvalue weighted by molar-refractivity contribution is 5.47. The highest BCUT2D eigenvalue weighted by atomic mass is 16.5. The molecule has 0 bridgehead atoms. The van der Waals surface area contributed by atoms with E-state index in [0.717, 1.165) is 18.1 Å². The van der Waals surface area contributed by atoms with Gasteiger partial charge in [-0.2, -0.15) is 0 Å². The number of hydrogen-bond donors (Lipinski definition) is 1. The number of ether oxygens (including phenoxy) is 1. The van der Waals surface area contributed by atoms with Crippen LogP contribution in [0.15, 0.2) is 49.3 Å². The number of hydrogen-bond acceptors (Lipinski definition) is 3. The molecule has 0 atom stereocenters. The second kappa shape index (κ2) is 6.75. The van der Waals surface area contributed by atoms with Crippen LogP contribution in [0, 0.1) is 0 Å². The van der Waals surface area contributed by atoms with E-state index in [2.05, 4.69) is 33.6 Å². The molecule has 1 aromatic heterocycles. The molecule has 4 nitrogen and oxygen atoms in total. The fourth-order valence-corrected chi connectivity index (χ4v) is 1.96. The maximum atomic E-state index is 5.16. The Balaban J connectivity index is 2.30. The standard InChI is InChI=1S/C15H19N3O/c1-3-9-16-15-17-10-11-18(15)14-7-5-4-6-13(14)8-12-19-2/h3-7,10-11H,1,8-9,12H2,2H3,(H,16,17). The van der Waals surface area contributed by atoms with E-state index in [1.54, 1.807) is 13.3 Å². The Morgan fingerprint density at radius 2 is 2.26 bits per heavy atom. The maximum absolute atomic E-state index is 5.16. The third-order valence-electron chi connectivity index (χ3n) is 2.87. The van der Waals surface area contributed by atoms with Crippen molar-refractivity contribution in [3.8, 4) is 5.69 Å². The van der Waals surface area contributed by atoms with Crippen LogP contribution in [0.1, 0.15) is 5.56 Å². The highest BCUT2D eigenvalue weighted by Gasteiger charge is 2.08. The van der Waals surface area contributed by atoms with Crippen LogP contribution in [0.25, 0.3) is 5.69 Å². The molecule has 0 aliphatic heterocycles. The van der Waals surface area contributed by atoms with Gasteiger partial charge < -0.3 is 10.1 Å². The summed E-state index contributed by atoms with van der Waals surface area (Å²) in [5, 5.41) is 3.23. The number of imidazole rings is 1. The Morgan fingerprint density at radius 1 is 1.42 bits per heavy atom. The number of nitrogens with one attached hydrogen (secondary N) is 1. The van der Waals surface area contributed by atoms with Gasteiger partial charge in [-0.1, -0.05) is 24.3 Å². The van der Waals surface area contributed by atoms with Gasteiger partial charge in [-0.3, -0.25) is 4.57 Å². The van der Waals surface area contributed by atoms with Crippen LogP contribution in [0.3, 0.4) is 0 Å². The zero-order valence-corrected chi connectivity index (χ0v) is 11.2. The minimum absolute atomic E-state index is 0.692. The smallest absolute Gasteiger partial charge is 0.207 e. The van der Waals surface area contributed by atoms with Gasteiger partial charge in [0.2, 0.25) is 5.95 Å². The van der Waals surface area contributed by atoms with E-state index in [9.17, 15) is 0 Å². The summed E-state index contributed by atoms with van der Waals surface area (Å²) in [4.78, 5) is 4.32. The van der Waals surface area contributed by atoms with Crippen LogP contribution in [-0.4, -0.2) is 29.8 Å². The monoisotopic (exact) mass is 257 g/mol. The van der Waals surface area contributed by atoms with Gasteiger partial charge in [0.05, 0.1) is 12.3 Å². The van der Waals surface area contributed by atoms with Crippen LogP contribution >= 0.6 is 0 Å². The van der Waals surface area contributed by atoms with Gasteiger partial charge in [0, 0.05) is 26.0 Å². The van der Waals surface area contributed by atoms with E-state index in [1.807, 2.05) is 24.4 Å². The highest BCUT2D eigenvalue weighted by Crippen LogP contribution is 2.19. The van der Waals surface area contributed by atoms with Gasteiger partial charge >= 0.3 is 0 Å². The van der Waals surface area contributed by atoms with Crippen molar-refractivity contribution in [3.05, 3.63) is 54.9 Å². The fraction of sp³-hybridized carbons (Fsp3) is 0.267. The topological polar surface area (TPSA) is 39.1 Å². The molecule has 0 radical (unpaired) electrons. The van der Waals surface area contributed by atoms with E-state index < -0.39 is 0 Å². The molecule has 0 saturated carbocycles. The van der Waals surface area contributed by atoms with Crippen LogP contribution in [0.2, 0.25) is 0 Å². The van der Waals surface area contributed by atoms with Crippen molar-refractivity contribution in [1.29, 1.82) is 0 Å². The molecule has 1 aromatic carbocycles. The molecule has 0 aliphatic rings. The minimum atomic E-state index is 0.692. The van der Waals surface area contributed by atoms with Crippen LogP contribution in [0.5, 0.6) is 0 Å². The van der Waals surface area contributed by atoms with Crippen LogP contribution in [0.4, 0.5) is 5.95 Å². The molecular formula is C15H19N3O. The molecule has 4 heteroatoms. The van der Waals surface area contributed by atoms with Crippen molar-refractivity contribution < 1.29 is 4.74 Å². The van der Waals surface area contributed by atoms with E-state index in [-0.39, 0.29) is 0 Å². The number of aromatic nitrogens is 2.